The van der Waals surface area contributed by atoms with E-state index in [1.165, 1.54) is 18.1 Å². The minimum Gasteiger partial charge on any atom is -0.259 e. The van der Waals surface area contributed by atoms with Crippen LogP contribution < -0.4 is 0 Å². The maximum Gasteiger partial charge on any atom is 0.239 e. The van der Waals surface area contributed by atoms with E-state index in [-0.39, 0.29) is 10.6 Å². The molecule has 0 unspecified atom stereocenters. The lowest BCUT2D eigenvalue weighted by molar-refractivity contribution is -0.424. The van der Waals surface area contributed by atoms with Gasteiger partial charge in [0.25, 0.3) is 0 Å². The first-order valence-corrected chi connectivity index (χ1v) is 6.03. The molecular weight excluding hydrogens is 214 g/mol. The van der Waals surface area contributed by atoms with E-state index >= 15 is 0 Å². The Morgan fingerprint density at radius 3 is 2.12 bits per heavy atom. The second kappa shape index (κ2) is 8.74. The van der Waals surface area contributed by atoms with Gasteiger partial charge in [0.15, 0.2) is 0 Å². The normalized spacial score (nSPS) is 12.5. The summed E-state index contributed by atoms with van der Waals surface area (Å²) in [6.07, 6.45) is 9.85. The van der Waals surface area contributed by atoms with Crippen LogP contribution >= 0.6 is 0 Å². The predicted molar refractivity (Wildman–Crippen MR) is 72.4 cm³/mol. The topological polar surface area (TPSA) is 43.1 Å². The van der Waals surface area contributed by atoms with Crippen LogP contribution in [0.2, 0.25) is 0 Å². The summed E-state index contributed by atoms with van der Waals surface area (Å²) in [6, 6.07) is 0. The molecule has 0 aliphatic rings. The molecule has 0 aromatic heterocycles. The van der Waals surface area contributed by atoms with Gasteiger partial charge in [-0.3, -0.25) is 10.1 Å². The number of nitro groups is 1. The van der Waals surface area contributed by atoms with E-state index in [1.807, 2.05) is 0 Å². The number of hydrogen-bond acceptors (Lipinski definition) is 2. The Hall–Kier alpha value is -1.38. The summed E-state index contributed by atoms with van der Waals surface area (Å²) < 4.78 is 0. The molecule has 0 bridgehead atoms. The van der Waals surface area contributed by atoms with Crippen molar-refractivity contribution in [2.24, 2.45) is 0 Å². The maximum atomic E-state index is 10.3. The highest BCUT2D eigenvalue weighted by Gasteiger charge is 1.98. The Balaban J connectivity index is 3.89. The van der Waals surface area contributed by atoms with Crippen LogP contribution in [-0.4, -0.2) is 4.92 Å². The number of allylic oxidation sites excluding steroid dienone is 6. The van der Waals surface area contributed by atoms with Crippen LogP contribution in [0.3, 0.4) is 0 Å². The summed E-state index contributed by atoms with van der Waals surface area (Å²) in [5.41, 5.74) is 2.94. The van der Waals surface area contributed by atoms with E-state index in [0.29, 0.717) is 0 Å². The summed E-state index contributed by atoms with van der Waals surface area (Å²) >= 11 is 0. The largest absolute Gasteiger partial charge is 0.259 e. The quantitative estimate of drug-likeness (QED) is 0.280. The first-order valence-electron chi connectivity index (χ1n) is 6.03. The first-order chi connectivity index (χ1) is 7.93. The fourth-order valence-electron chi connectivity index (χ4n) is 1.39. The highest BCUT2D eigenvalue weighted by molar-refractivity contribution is 5.03. The van der Waals surface area contributed by atoms with Gasteiger partial charge in [-0.25, -0.2) is 0 Å². The van der Waals surface area contributed by atoms with E-state index < -0.39 is 0 Å². The Morgan fingerprint density at radius 2 is 1.59 bits per heavy atom. The Labute approximate surface area is 104 Å². The molecule has 3 nitrogen and oxygen atoms in total. The van der Waals surface area contributed by atoms with Crippen molar-refractivity contribution in [3.8, 4) is 0 Å². The third kappa shape index (κ3) is 9.54. The van der Waals surface area contributed by atoms with Crippen LogP contribution in [-0.2, 0) is 0 Å². The van der Waals surface area contributed by atoms with Gasteiger partial charge in [-0.1, -0.05) is 23.3 Å². The van der Waals surface area contributed by atoms with Gasteiger partial charge >= 0.3 is 0 Å². The van der Waals surface area contributed by atoms with Gasteiger partial charge in [-0.2, -0.15) is 0 Å². The van der Waals surface area contributed by atoms with Crippen LogP contribution in [0.1, 0.15) is 53.4 Å². The van der Waals surface area contributed by atoms with Crippen LogP contribution in [0.5, 0.6) is 0 Å². The molecule has 17 heavy (non-hydrogen) atoms. The molecule has 0 rings (SSSR count). The van der Waals surface area contributed by atoms with Crippen molar-refractivity contribution in [1.29, 1.82) is 0 Å². The molecule has 96 valence electrons. The van der Waals surface area contributed by atoms with Crippen molar-refractivity contribution in [3.63, 3.8) is 0 Å². The second-order valence-electron chi connectivity index (χ2n) is 4.55. The summed E-state index contributed by atoms with van der Waals surface area (Å²) in [4.78, 5) is 10.0. The zero-order chi connectivity index (χ0) is 13.3. The molecule has 0 aromatic rings. The average Bonchev–Trinajstić information content (AvgIpc) is 2.23. The molecule has 0 saturated heterocycles. The summed E-state index contributed by atoms with van der Waals surface area (Å²) in [7, 11) is 0. The molecule has 0 aliphatic carbocycles. The molecule has 0 atom stereocenters. The number of rotatable bonds is 7. The minimum absolute atomic E-state index is 0.237. The maximum absolute atomic E-state index is 10.3. The smallest absolute Gasteiger partial charge is 0.239 e. The standard InChI is InChI=1S/C14H23NO2/c1-12(2)8-7-10-13(3)9-5-6-11-14(4)15(16)17/h8-9,11H,5-7,10H2,1-4H3/b13-9+,14-11+. The molecule has 0 amide bonds. The van der Waals surface area contributed by atoms with Gasteiger partial charge in [0.1, 0.15) is 0 Å². The lowest BCUT2D eigenvalue weighted by Gasteiger charge is -1.98. The zero-order valence-electron chi connectivity index (χ0n) is 11.3. The summed E-state index contributed by atoms with van der Waals surface area (Å²) in [5.74, 6) is 0. The Morgan fingerprint density at radius 1 is 1.00 bits per heavy atom. The van der Waals surface area contributed by atoms with Crippen molar-refractivity contribution < 1.29 is 4.92 Å². The van der Waals surface area contributed by atoms with E-state index in [2.05, 4.69) is 32.9 Å². The highest BCUT2D eigenvalue weighted by atomic mass is 16.6. The molecular formula is C14H23NO2. The molecule has 3 heteroatoms. The van der Waals surface area contributed by atoms with Crippen molar-refractivity contribution in [2.45, 2.75) is 53.4 Å². The number of hydrogen-bond donors (Lipinski definition) is 0. The number of nitrogens with zero attached hydrogens (tertiary/aromatic N) is 1. The molecule has 0 N–H and O–H groups in total. The fraction of sp³-hybridized carbons (Fsp3) is 0.571. The van der Waals surface area contributed by atoms with Crippen LogP contribution in [0.15, 0.2) is 35.1 Å². The van der Waals surface area contributed by atoms with Gasteiger partial charge < -0.3 is 0 Å². The van der Waals surface area contributed by atoms with E-state index in [9.17, 15) is 10.1 Å². The Bertz CT molecular complexity index is 334. The lowest BCUT2D eigenvalue weighted by atomic mass is 10.1. The highest BCUT2D eigenvalue weighted by Crippen LogP contribution is 2.09. The monoisotopic (exact) mass is 237 g/mol. The van der Waals surface area contributed by atoms with Gasteiger partial charge in [0.2, 0.25) is 5.70 Å². The van der Waals surface area contributed by atoms with Gasteiger partial charge in [0.05, 0.1) is 4.92 Å². The average molecular weight is 237 g/mol. The van der Waals surface area contributed by atoms with Crippen LogP contribution in [0.25, 0.3) is 0 Å². The van der Waals surface area contributed by atoms with Gasteiger partial charge in [-0.15, -0.1) is 0 Å². The fourth-order valence-corrected chi connectivity index (χ4v) is 1.39. The third-order valence-corrected chi connectivity index (χ3v) is 2.48. The zero-order valence-corrected chi connectivity index (χ0v) is 11.3. The van der Waals surface area contributed by atoms with Crippen LogP contribution in [0, 0.1) is 10.1 Å². The number of unbranched alkanes of at least 4 members (excludes halogenated alkanes) is 1. The molecule has 0 fully saturated rings. The van der Waals surface area contributed by atoms with Crippen LogP contribution in [0.4, 0.5) is 0 Å². The van der Waals surface area contributed by atoms with Gasteiger partial charge in [0, 0.05) is 6.92 Å². The van der Waals surface area contributed by atoms with Gasteiger partial charge in [-0.05, 0) is 52.5 Å². The molecule has 0 aliphatic heterocycles. The molecule has 0 saturated carbocycles. The summed E-state index contributed by atoms with van der Waals surface area (Å²) in [5, 5.41) is 10.3. The van der Waals surface area contributed by atoms with Crippen molar-refractivity contribution >= 4 is 0 Å². The first kappa shape index (κ1) is 15.6. The lowest BCUT2D eigenvalue weighted by Crippen LogP contribution is -1.92. The van der Waals surface area contributed by atoms with E-state index in [4.69, 9.17) is 0 Å². The molecule has 0 heterocycles. The molecule has 0 spiro atoms. The Kier molecular flexibility index (Phi) is 8.03. The third-order valence-electron chi connectivity index (χ3n) is 2.48. The van der Waals surface area contributed by atoms with Crippen molar-refractivity contribution in [2.75, 3.05) is 0 Å². The molecule has 0 radical (unpaired) electrons. The molecule has 0 aromatic carbocycles. The van der Waals surface area contributed by atoms with E-state index in [1.54, 1.807) is 6.08 Å². The summed E-state index contributed by atoms with van der Waals surface area (Å²) in [6.45, 7) is 7.85. The van der Waals surface area contributed by atoms with E-state index in [0.717, 1.165) is 25.7 Å². The van der Waals surface area contributed by atoms with Crippen molar-refractivity contribution in [1.82, 2.24) is 0 Å². The second-order valence-corrected chi connectivity index (χ2v) is 4.55. The van der Waals surface area contributed by atoms with Crippen molar-refractivity contribution in [3.05, 3.63) is 45.2 Å². The predicted octanol–water partition coefficient (Wildman–Crippen LogP) is 4.64. The SMILES string of the molecule is CC(C)=CCC/C(C)=C/CC/C=C(\C)[N+](=O)[O-]. The minimum atomic E-state index is -0.342.